The molecule has 4 nitrogen and oxygen atoms in total. The molecule has 0 aliphatic rings. The van der Waals surface area contributed by atoms with Crippen LogP contribution in [0.3, 0.4) is 0 Å². The van der Waals surface area contributed by atoms with Gasteiger partial charge in [0.25, 0.3) is 0 Å². The van der Waals surface area contributed by atoms with Crippen LogP contribution in [-0.2, 0) is 0 Å². The van der Waals surface area contributed by atoms with E-state index in [1.54, 1.807) is 7.11 Å². The second-order valence-electron chi connectivity index (χ2n) is 7.30. The molecule has 4 rings (SSSR count). The van der Waals surface area contributed by atoms with E-state index in [9.17, 15) is 5.11 Å². The number of aromatic amines is 1. The zero-order valence-electron chi connectivity index (χ0n) is 16.6. The van der Waals surface area contributed by atoms with Gasteiger partial charge in [0.2, 0.25) is 0 Å². The minimum absolute atomic E-state index is 0.208. The summed E-state index contributed by atoms with van der Waals surface area (Å²) < 4.78 is 5.32. The van der Waals surface area contributed by atoms with Crippen molar-refractivity contribution in [2.24, 2.45) is 0 Å². The fraction of sp³-hybridized carbons (Fsp3) is 0.200. The average Bonchev–Trinajstić information content (AvgIpc) is 3.21. The molecule has 29 heavy (non-hydrogen) atoms. The number of hydrogen-bond acceptors (Lipinski definition) is 2. The largest absolute Gasteiger partial charge is 0.497 e. The highest BCUT2D eigenvalue weighted by molar-refractivity contribution is 5.84. The minimum atomic E-state index is -0.476. The zero-order valence-corrected chi connectivity index (χ0v) is 16.6. The fourth-order valence-corrected chi connectivity index (χ4v) is 3.89. The Kier molecular flexibility index (Phi) is 5.94. The van der Waals surface area contributed by atoms with Crippen LogP contribution in [0.1, 0.15) is 28.7 Å². The number of benzene rings is 3. The van der Waals surface area contributed by atoms with E-state index in [1.807, 2.05) is 48.5 Å². The highest BCUT2D eigenvalue weighted by Gasteiger charge is 2.21. The second-order valence-corrected chi connectivity index (χ2v) is 7.30. The molecule has 0 radical (unpaired) electrons. The Hall–Kier alpha value is -3.08. The van der Waals surface area contributed by atoms with Gasteiger partial charge in [-0.3, -0.25) is 0 Å². The summed E-state index contributed by atoms with van der Waals surface area (Å²) in [7, 11) is 1.69. The molecule has 1 heterocycles. The molecule has 4 aromatic rings. The predicted octanol–water partition coefficient (Wildman–Crippen LogP) is 3.61. The van der Waals surface area contributed by atoms with Gasteiger partial charge in [-0.25, -0.2) is 0 Å². The number of nitrogens with one attached hydrogen (secondary N) is 1. The molecule has 0 saturated carbocycles. The summed E-state index contributed by atoms with van der Waals surface area (Å²) in [4.78, 5) is 3.40. The van der Waals surface area contributed by atoms with Crippen molar-refractivity contribution < 1.29 is 15.2 Å². The molecular weight excluding hydrogens is 360 g/mol. The van der Waals surface area contributed by atoms with E-state index < -0.39 is 6.10 Å². The van der Waals surface area contributed by atoms with Crippen LogP contribution in [-0.4, -0.2) is 30.3 Å². The quantitative estimate of drug-likeness (QED) is 0.433. The number of hydrogen-bond donors (Lipinski definition) is 3. The van der Waals surface area contributed by atoms with Gasteiger partial charge >= 0.3 is 0 Å². The third-order valence-electron chi connectivity index (χ3n) is 5.49. The number of aliphatic hydroxyl groups is 1. The van der Waals surface area contributed by atoms with Crippen LogP contribution in [0.5, 0.6) is 5.75 Å². The first-order valence-corrected chi connectivity index (χ1v) is 10.0. The number of para-hydroxylation sites is 1. The predicted molar refractivity (Wildman–Crippen MR) is 116 cm³/mol. The molecule has 0 spiro atoms. The van der Waals surface area contributed by atoms with E-state index >= 15 is 0 Å². The van der Waals surface area contributed by atoms with Crippen LogP contribution in [0.15, 0.2) is 85.1 Å². The number of methoxy groups -OCH3 is 1. The standard InChI is InChI=1S/C25H26N2O2/c1-29-20-13-11-18(12-14-20)22(23-16-27-24-10-6-5-9-21(23)24)15-26-17-25(28)19-7-3-2-4-8-19/h2-14,16,22,25-28H,15,17H2,1H3/p+1/t22-,25+/m0/s1. The zero-order chi connectivity index (χ0) is 20.1. The lowest BCUT2D eigenvalue weighted by atomic mass is 9.90. The van der Waals surface area contributed by atoms with Gasteiger partial charge < -0.3 is 20.1 Å². The highest BCUT2D eigenvalue weighted by Crippen LogP contribution is 2.30. The Labute approximate surface area is 171 Å². The molecule has 3 aromatic carbocycles. The molecule has 4 N–H and O–H groups in total. The number of aliphatic hydroxyl groups excluding tert-OH is 1. The lowest BCUT2D eigenvalue weighted by molar-refractivity contribution is -0.663. The Morgan fingerprint density at radius 3 is 2.34 bits per heavy atom. The average molecular weight is 388 g/mol. The van der Waals surface area contributed by atoms with Crippen LogP contribution < -0.4 is 10.1 Å². The van der Waals surface area contributed by atoms with Crippen molar-refractivity contribution in [1.82, 2.24) is 4.98 Å². The first-order chi connectivity index (χ1) is 14.3. The van der Waals surface area contributed by atoms with E-state index in [4.69, 9.17) is 4.74 Å². The van der Waals surface area contributed by atoms with Gasteiger partial charge in [0.1, 0.15) is 18.4 Å². The minimum Gasteiger partial charge on any atom is -0.497 e. The number of rotatable bonds is 8. The van der Waals surface area contributed by atoms with Crippen molar-refractivity contribution in [3.05, 3.63) is 102 Å². The maximum absolute atomic E-state index is 10.5. The van der Waals surface area contributed by atoms with Crippen molar-refractivity contribution >= 4 is 10.9 Å². The number of quaternary nitrogens is 1. The number of nitrogens with two attached hydrogens (primary N) is 1. The van der Waals surface area contributed by atoms with E-state index in [2.05, 4.69) is 46.8 Å². The van der Waals surface area contributed by atoms with E-state index in [1.165, 1.54) is 16.5 Å². The van der Waals surface area contributed by atoms with Crippen molar-refractivity contribution in [3.8, 4) is 5.75 Å². The lowest BCUT2D eigenvalue weighted by Crippen LogP contribution is -2.86. The summed E-state index contributed by atoms with van der Waals surface area (Å²) in [5, 5.41) is 14.0. The number of ether oxygens (including phenoxy) is 1. The molecule has 0 aliphatic heterocycles. The highest BCUT2D eigenvalue weighted by atomic mass is 16.5. The van der Waals surface area contributed by atoms with Gasteiger partial charge in [-0.15, -0.1) is 0 Å². The van der Waals surface area contributed by atoms with Crippen molar-refractivity contribution in [1.29, 1.82) is 0 Å². The molecular formula is C25H27N2O2+. The monoisotopic (exact) mass is 387 g/mol. The summed E-state index contributed by atoms with van der Waals surface area (Å²) in [5.41, 5.74) is 4.61. The van der Waals surface area contributed by atoms with Gasteiger partial charge in [0.05, 0.1) is 19.6 Å². The molecule has 4 heteroatoms. The van der Waals surface area contributed by atoms with Gasteiger partial charge in [0, 0.05) is 17.1 Å². The summed E-state index contributed by atoms with van der Waals surface area (Å²) >= 11 is 0. The normalized spacial score (nSPS) is 13.3. The fourth-order valence-electron chi connectivity index (χ4n) is 3.89. The molecule has 0 bridgehead atoms. The molecule has 0 saturated heterocycles. The van der Waals surface area contributed by atoms with Gasteiger partial charge in [-0.1, -0.05) is 60.7 Å². The van der Waals surface area contributed by atoms with Crippen molar-refractivity contribution in [2.75, 3.05) is 20.2 Å². The van der Waals surface area contributed by atoms with Crippen molar-refractivity contribution in [3.63, 3.8) is 0 Å². The third kappa shape index (κ3) is 4.34. The smallest absolute Gasteiger partial charge is 0.128 e. The maximum Gasteiger partial charge on any atom is 0.128 e. The van der Waals surface area contributed by atoms with Crippen LogP contribution in [0.2, 0.25) is 0 Å². The molecule has 0 fully saturated rings. The van der Waals surface area contributed by atoms with Crippen molar-refractivity contribution in [2.45, 2.75) is 12.0 Å². The Bertz CT molecular complexity index is 1040. The van der Waals surface area contributed by atoms with Crippen LogP contribution in [0, 0.1) is 0 Å². The lowest BCUT2D eigenvalue weighted by Gasteiger charge is -2.18. The van der Waals surface area contributed by atoms with Crippen LogP contribution in [0.4, 0.5) is 0 Å². The summed E-state index contributed by atoms with van der Waals surface area (Å²) in [6.07, 6.45) is 1.64. The first kappa shape index (κ1) is 19.2. The molecule has 0 aliphatic carbocycles. The molecule has 0 amide bonds. The Morgan fingerprint density at radius 2 is 1.59 bits per heavy atom. The van der Waals surface area contributed by atoms with E-state index in [0.29, 0.717) is 6.54 Å². The summed E-state index contributed by atoms with van der Waals surface area (Å²) in [6, 6.07) is 26.5. The number of fused-ring (bicyclic) bond motifs is 1. The van der Waals surface area contributed by atoms with E-state index in [0.717, 1.165) is 23.4 Å². The Balaban J connectivity index is 1.56. The number of aromatic nitrogens is 1. The van der Waals surface area contributed by atoms with Crippen LogP contribution in [0.25, 0.3) is 10.9 Å². The summed E-state index contributed by atoms with van der Waals surface area (Å²) in [5.74, 6) is 1.06. The molecule has 0 unspecified atom stereocenters. The second kappa shape index (κ2) is 8.95. The number of H-pyrrole nitrogens is 1. The van der Waals surface area contributed by atoms with Gasteiger partial charge in [-0.2, -0.15) is 0 Å². The van der Waals surface area contributed by atoms with Crippen LogP contribution >= 0.6 is 0 Å². The molecule has 1 aromatic heterocycles. The topological polar surface area (TPSA) is 61.9 Å². The van der Waals surface area contributed by atoms with E-state index in [-0.39, 0.29) is 5.92 Å². The Morgan fingerprint density at radius 1 is 0.862 bits per heavy atom. The molecule has 148 valence electrons. The van der Waals surface area contributed by atoms with Gasteiger partial charge in [-0.05, 0) is 34.9 Å². The third-order valence-corrected chi connectivity index (χ3v) is 5.49. The first-order valence-electron chi connectivity index (χ1n) is 10.0. The SMILES string of the molecule is COc1ccc([C@H](C[NH2+]C[C@@H](O)c2ccccc2)c2c[nH]c3ccccc23)cc1. The molecule has 2 atom stereocenters. The van der Waals surface area contributed by atoms with Gasteiger partial charge in [0.15, 0.2) is 0 Å². The maximum atomic E-state index is 10.5. The summed E-state index contributed by atoms with van der Waals surface area (Å²) in [6.45, 7) is 1.47.